The number of amides is 2. The lowest BCUT2D eigenvalue weighted by Gasteiger charge is -2.34. The van der Waals surface area contributed by atoms with Crippen molar-refractivity contribution in [3.05, 3.63) is 63.3 Å². The van der Waals surface area contributed by atoms with E-state index < -0.39 is 11.5 Å². The lowest BCUT2D eigenvalue weighted by Crippen LogP contribution is -2.56. The molecule has 2 aromatic heterocycles. The second kappa shape index (κ2) is 10.8. The summed E-state index contributed by atoms with van der Waals surface area (Å²) in [6.45, 7) is 0.225. The molecule has 40 heavy (non-hydrogen) atoms. The van der Waals surface area contributed by atoms with Gasteiger partial charge in [0.1, 0.15) is 17.5 Å². The van der Waals surface area contributed by atoms with Crippen LogP contribution in [0.25, 0.3) is 5.69 Å². The Bertz CT molecular complexity index is 1420. The van der Waals surface area contributed by atoms with Crippen LogP contribution in [0.5, 0.6) is 0 Å². The van der Waals surface area contributed by atoms with Crippen LogP contribution in [-0.4, -0.2) is 43.4 Å². The fraction of sp³-hybridized carbons (Fsp3) is 0.483. The molecule has 0 atom stereocenters. The van der Waals surface area contributed by atoms with Gasteiger partial charge in [-0.05, 0) is 83.0 Å². The zero-order valence-corrected chi connectivity index (χ0v) is 23.7. The molecule has 3 aromatic rings. The van der Waals surface area contributed by atoms with Crippen LogP contribution in [0.1, 0.15) is 102 Å². The van der Waals surface area contributed by atoms with Gasteiger partial charge in [-0.3, -0.25) is 9.59 Å². The van der Waals surface area contributed by atoms with Crippen LogP contribution in [0, 0.1) is 0 Å². The van der Waals surface area contributed by atoms with Crippen LogP contribution in [0.3, 0.4) is 0 Å². The highest BCUT2D eigenvalue weighted by atomic mass is 79.9. The van der Waals surface area contributed by atoms with Gasteiger partial charge in [-0.25, -0.2) is 9.48 Å². The summed E-state index contributed by atoms with van der Waals surface area (Å²) in [4.78, 5) is 37.6. The minimum Gasteiger partial charge on any atom is -0.480 e. The Morgan fingerprint density at radius 2 is 1.73 bits per heavy atom. The number of carboxylic acid groups (broad SMARTS) is 1. The molecule has 0 unspecified atom stereocenters. The number of nitrogens with zero attached hydrogens (tertiary/aromatic N) is 3. The number of benzene rings is 1. The van der Waals surface area contributed by atoms with E-state index >= 15 is 0 Å². The van der Waals surface area contributed by atoms with E-state index in [2.05, 4.69) is 49.0 Å². The third kappa shape index (κ3) is 5.70. The van der Waals surface area contributed by atoms with Crippen LogP contribution < -0.4 is 10.6 Å². The lowest BCUT2D eigenvalue weighted by atomic mass is 9.81. The van der Waals surface area contributed by atoms with Crippen molar-refractivity contribution in [1.29, 1.82) is 0 Å². The Hall–Kier alpha value is -3.47. The van der Waals surface area contributed by atoms with Gasteiger partial charge in [-0.1, -0.05) is 36.6 Å². The third-order valence-corrected chi connectivity index (χ3v) is 8.57. The Balaban J connectivity index is 1.22. The van der Waals surface area contributed by atoms with Gasteiger partial charge in [-0.15, -0.1) is 5.10 Å². The van der Waals surface area contributed by atoms with Gasteiger partial charge >= 0.3 is 5.97 Å². The van der Waals surface area contributed by atoms with E-state index in [-0.39, 0.29) is 24.8 Å². The maximum absolute atomic E-state index is 13.1. The highest BCUT2D eigenvalue weighted by Gasteiger charge is 2.41. The SMILES string of the molecule is O=C(Cc1cc(C2CC2)c(-n2cc(CNC(=O)c3coc(Br)c3)nn2)c(C2CC2)c1)NC1(C(=O)O)CCCCC1. The summed E-state index contributed by atoms with van der Waals surface area (Å²) in [5.74, 6) is -0.660. The lowest BCUT2D eigenvalue weighted by molar-refractivity contribution is -0.149. The van der Waals surface area contributed by atoms with E-state index in [1.807, 2.05) is 10.9 Å². The largest absolute Gasteiger partial charge is 0.480 e. The van der Waals surface area contributed by atoms with E-state index in [1.165, 1.54) is 6.26 Å². The van der Waals surface area contributed by atoms with Crippen molar-refractivity contribution in [2.45, 2.75) is 88.1 Å². The molecular weight excluding hydrogens is 578 g/mol. The predicted octanol–water partition coefficient (Wildman–Crippen LogP) is 4.75. The van der Waals surface area contributed by atoms with Crippen molar-refractivity contribution in [2.75, 3.05) is 0 Å². The molecule has 3 aliphatic rings. The van der Waals surface area contributed by atoms with E-state index in [0.717, 1.165) is 67.3 Å². The summed E-state index contributed by atoms with van der Waals surface area (Å²) in [5, 5.41) is 24.4. The van der Waals surface area contributed by atoms with Gasteiger partial charge in [0.05, 0.1) is 30.4 Å². The summed E-state index contributed by atoms with van der Waals surface area (Å²) in [7, 11) is 0. The fourth-order valence-electron chi connectivity index (χ4n) is 5.76. The van der Waals surface area contributed by atoms with Gasteiger partial charge in [-0.2, -0.15) is 0 Å². The van der Waals surface area contributed by atoms with Gasteiger partial charge < -0.3 is 20.2 Å². The summed E-state index contributed by atoms with van der Waals surface area (Å²) < 4.78 is 7.44. The first-order chi connectivity index (χ1) is 19.3. The summed E-state index contributed by atoms with van der Waals surface area (Å²) in [5.41, 5.74) is 4.13. The monoisotopic (exact) mass is 609 g/mol. The maximum atomic E-state index is 13.1. The Morgan fingerprint density at radius 1 is 1.05 bits per heavy atom. The summed E-state index contributed by atoms with van der Waals surface area (Å²) in [6, 6.07) is 5.79. The number of carbonyl (C=O) groups is 3. The molecule has 1 aromatic carbocycles. The van der Waals surface area contributed by atoms with Crippen molar-refractivity contribution in [1.82, 2.24) is 25.6 Å². The number of aromatic nitrogens is 3. The first kappa shape index (κ1) is 26.7. The Labute approximate surface area is 240 Å². The average Bonchev–Trinajstić information content (AvgIpc) is 3.87. The summed E-state index contributed by atoms with van der Waals surface area (Å²) in [6.07, 6.45) is 11.3. The van der Waals surface area contributed by atoms with Crippen LogP contribution in [0.4, 0.5) is 0 Å². The Morgan fingerprint density at radius 3 is 2.30 bits per heavy atom. The fourth-order valence-corrected chi connectivity index (χ4v) is 6.10. The second-order valence-corrected chi connectivity index (χ2v) is 12.1. The van der Waals surface area contributed by atoms with Crippen molar-refractivity contribution in [3.8, 4) is 5.69 Å². The van der Waals surface area contributed by atoms with E-state index in [1.54, 1.807) is 6.07 Å². The quantitative estimate of drug-likeness (QED) is 0.301. The van der Waals surface area contributed by atoms with Crippen LogP contribution >= 0.6 is 15.9 Å². The first-order valence-corrected chi connectivity index (χ1v) is 14.8. The summed E-state index contributed by atoms with van der Waals surface area (Å²) >= 11 is 3.20. The number of rotatable bonds is 10. The van der Waals surface area contributed by atoms with Crippen molar-refractivity contribution in [3.63, 3.8) is 0 Å². The number of hydrogen-bond acceptors (Lipinski definition) is 6. The molecular formula is C29H32BrN5O5. The van der Waals surface area contributed by atoms with Crippen LogP contribution in [-0.2, 0) is 22.6 Å². The standard InChI is InChI=1S/C29H32BrN5O5/c30-24-13-20(16-40-24)27(37)31-14-21-15-35(34-33-21)26-22(18-4-5-18)10-17(11-23(26)19-6-7-19)12-25(36)32-29(28(38)39)8-2-1-3-9-29/h10-11,13,15-16,18-19H,1-9,12,14H2,(H,31,37)(H,32,36)(H,38,39). The molecule has 3 fully saturated rings. The van der Waals surface area contributed by atoms with Gasteiger partial charge in [0.2, 0.25) is 5.91 Å². The number of furan rings is 1. The maximum Gasteiger partial charge on any atom is 0.329 e. The molecule has 0 spiro atoms. The number of carboxylic acids is 1. The molecule has 0 saturated heterocycles. The van der Waals surface area contributed by atoms with Gasteiger partial charge in [0.15, 0.2) is 4.67 Å². The third-order valence-electron chi connectivity index (χ3n) is 8.15. The molecule has 11 heteroatoms. The molecule has 3 aliphatic carbocycles. The van der Waals surface area contributed by atoms with Gasteiger partial charge in [0, 0.05) is 6.07 Å². The zero-order valence-electron chi connectivity index (χ0n) is 22.1. The molecule has 0 aliphatic heterocycles. The number of halogens is 1. The number of carbonyl (C=O) groups excluding carboxylic acids is 2. The molecule has 3 N–H and O–H groups in total. The molecule has 6 rings (SSSR count). The normalized spacial score (nSPS) is 18.3. The number of nitrogens with one attached hydrogen (secondary N) is 2. The Kier molecular flexibility index (Phi) is 7.24. The van der Waals surface area contributed by atoms with E-state index in [4.69, 9.17) is 4.42 Å². The molecule has 0 bridgehead atoms. The molecule has 0 radical (unpaired) electrons. The van der Waals surface area contributed by atoms with Crippen molar-refractivity contribution >= 4 is 33.7 Å². The number of aliphatic carboxylic acids is 1. The van der Waals surface area contributed by atoms with Crippen molar-refractivity contribution < 1.29 is 23.9 Å². The highest BCUT2D eigenvalue weighted by Crippen LogP contribution is 2.49. The smallest absolute Gasteiger partial charge is 0.329 e. The highest BCUT2D eigenvalue weighted by molar-refractivity contribution is 9.10. The topological polar surface area (TPSA) is 139 Å². The minimum absolute atomic E-state index is 0.146. The van der Waals surface area contributed by atoms with Crippen LogP contribution in [0.2, 0.25) is 0 Å². The molecule has 2 heterocycles. The minimum atomic E-state index is -1.16. The predicted molar refractivity (Wildman–Crippen MR) is 148 cm³/mol. The second-order valence-electron chi connectivity index (χ2n) is 11.3. The zero-order chi connectivity index (χ0) is 27.9. The average molecular weight is 611 g/mol. The molecule has 3 saturated carbocycles. The van der Waals surface area contributed by atoms with Crippen molar-refractivity contribution in [2.24, 2.45) is 0 Å². The van der Waals surface area contributed by atoms with E-state index in [0.29, 0.717) is 40.6 Å². The molecule has 2 amide bonds. The molecule has 10 nitrogen and oxygen atoms in total. The number of hydrogen-bond donors (Lipinski definition) is 3. The first-order valence-electron chi connectivity index (χ1n) is 14.0. The van der Waals surface area contributed by atoms with Gasteiger partial charge in [0.25, 0.3) is 5.91 Å². The van der Waals surface area contributed by atoms with Crippen LogP contribution in [0.15, 0.2) is 39.7 Å². The van der Waals surface area contributed by atoms with E-state index in [9.17, 15) is 19.5 Å². The molecule has 210 valence electrons.